The summed E-state index contributed by atoms with van der Waals surface area (Å²) < 4.78 is 5.36. The lowest BCUT2D eigenvalue weighted by atomic mass is 10.4. The van der Waals surface area contributed by atoms with Crippen LogP contribution < -0.4 is 11.3 Å². The van der Waals surface area contributed by atoms with Crippen LogP contribution in [0, 0.1) is 0 Å². The summed E-state index contributed by atoms with van der Waals surface area (Å²) in [7, 11) is 0. The maximum Gasteiger partial charge on any atom is 0.208 e. The van der Waals surface area contributed by atoms with Crippen molar-refractivity contribution in [3.05, 3.63) is 0 Å². The Morgan fingerprint density at radius 2 is 2.36 bits per heavy atom. The van der Waals surface area contributed by atoms with E-state index in [1.165, 1.54) is 0 Å². The van der Waals surface area contributed by atoms with Crippen molar-refractivity contribution in [2.24, 2.45) is 10.8 Å². The average molecular weight is 200 g/mol. The van der Waals surface area contributed by atoms with Gasteiger partial charge in [-0.2, -0.15) is 0 Å². The van der Waals surface area contributed by atoms with E-state index in [1.807, 2.05) is 0 Å². The smallest absolute Gasteiger partial charge is 0.208 e. The molecule has 1 heterocycles. The highest BCUT2D eigenvalue weighted by Crippen LogP contribution is 1.99. The number of aliphatic imine (C=N–C) groups is 1. The van der Waals surface area contributed by atoms with E-state index in [9.17, 15) is 0 Å². The molecule has 0 atom stereocenters. The number of hydrogen-bond acceptors (Lipinski definition) is 3. The van der Waals surface area contributed by atoms with Crippen LogP contribution in [-0.4, -0.2) is 43.7 Å². The van der Waals surface area contributed by atoms with Crippen LogP contribution in [0.1, 0.15) is 19.8 Å². The van der Waals surface area contributed by atoms with Crippen LogP contribution in [0.3, 0.4) is 0 Å². The topological polar surface area (TPSA) is 62.9 Å². The van der Waals surface area contributed by atoms with Crippen LogP contribution in [-0.2, 0) is 4.74 Å². The van der Waals surface area contributed by atoms with Gasteiger partial charge in [-0.25, -0.2) is 5.84 Å². The first-order chi connectivity index (χ1) is 6.88. The minimum atomic E-state index is 0.757. The second-order valence-electron chi connectivity index (χ2n) is 3.30. The Bertz CT molecular complexity index is 176. The van der Waals surface area contributed by atoms with E-state index in [1.54, 1.807) is 0 Å². The fourth-order valence-electron chi connectivity index (χ4n) is 1.41. The molecule has 1 saturated heterocycles. The van der Waals surface area contributed by atoms with Crippen molar-refractivity contribution >= 4 is 5.96 Å². The molecule has 0 aromatic carbocycles. The largest absolute Gasteiger partial charge is 0.380 e. The first-order valence-corrected chi connectivity index (χ1v) is 5.22. The van der Waals surface area contributed by atoms with Gasteiger partial charge >= 0.3 is 0 Å². The van der Waals surface area contributed by atoms with Gasteiger partial charge in [0.25, 0.3) is 0 Å². The van der Waals surface area contributed by atoms with Gasteiger partial charge in [-0.3, -0.25) is 10.4 Å². The molecule has 1 rings (SSSR count). The van der Waals surface area contributed by atoms with Gasteiger partial charge in [0.1, 0.15) is 0 Å². The molecule has 1 fully saturated rings. The zero-order valence-corrected chi connectivity index (χ0v) is 8.83. The molecule has 14 heavy (non-hydrogen) atoms. The van der Waals surface area contributed by atoms with Crippen LogP contribution in [0.15, 0.2) is 4.99 Å². The minimum Gasteiger partial charge on any atom is -0.380 e. The number of hydrazine groups is 1. The molecule has 82 valence electrons. The highest BCUT2D eigenvalue weighted by Gasteiger charge is 2.12. The predicted octanol–water partition coefficient (Wildman–Crippen LogP) is -0.0620. The lowest BCUT2D eigenvalue weighted by Crippen LogP contribution is -2.46. The number of hydrogen-bond donors (Lipinski definition) is 2. The van der Waals surface area contributed by atoms with Gasteiger partial charge in [0.2, 0.25) is 5.96 Å². The Kier molecular flexibility index (Phi) is 5.32. The molecule has 0 spiro atoms. The monoisotopic (exact) mass is 200 g/mol. The Morgan fingerprint density at radius 1 is 1.50 bits per heavy atom. The molecule has 0 aromatic heterocycles. The van der Waals surface area contributed by atoms with Gasteiger partial charge in [0, 0.05) is 26.2 Å². The highest BCUT2D eigenvalue weighted by atomic mass is 16.5. The Labute approximate surface area is 85.3 Å². The molecular weight excluding hydrogens is 180 g/mol. The van der Waals surface area contributed by atoms with Gasteiger partial charge in [-0.05, 0) is 12.8 Å². The quantitative estimate of drug-likeness (QED) is 0.284. The van der Waals surface area contributed by atoms with Gasteiger partial charge in [0.15, 0.2) is 0 Å². The number of nitrogens with one attached hydrogen (secondary N) is 1. The molecule has 0 radical (unpaired) electrons. The highest BCUT2D eigenvalue weighted by molar-refractivity contribution is 5.79. The zero-order chi connectivity index (χ0) is 10.2. The van der Waals surface area contributed by atoms with E-state index in [-0.39, 0.29) is 0 Å². The summed E-state index contributed by atoms with van der Waals surface area (Å²) in [5, 5.41) is 0. The summed E-state index contributed by atoms with van der Waals surface area (Å²) >= 11 is 0. The zero-order valence-electron chi connectivity index (χ0n) is 8.83. The third-order valence-electron chi connectivity index (χ3n) is 2.14. The van der Waals surface area contributed by atoms with Crippen LogP contribution in [0.4, 0.5) is 0 Å². The Hall–Kier alpha value is -0.810. The number of ether oxygens (including phenoxy) is 1. The maximum absolute atomic E-state index is 5.43. The van der Waals surface area contributed by atoms with E-state index in [4.69, 9.17) is 10.6 Å². The van der Waals surface area contributed by atoms with Crippen LogP contribution in [0.2, 0.25) is 0 Å². The molecule has 0 bridgehead atoms. The van der Waals surface area contributed by atoms with Gasteiger partial charge in [0.05, 0.1) is 6.61 Å². The number of rotatable bonds is 2. The third-order valence-corrected chi connectivity index (χ3v) is 2.14. The molecule has 0 aromatic rings. The molecule has 1 aliphatic rings. The summed E-state index contributed by atoms with van der Waals surface area (Å²) in [6.07, 6.45) is 2.07. The molecule has 0 aliphatic carbocycles. The van der Waals surface area contributed by atoms with Gasteiger partial charge in [-0.1, -0.05) is 6.92 Å². The van der Waals surface area contributed by atoms with Crippen LogP contribution in [0.5, 0.6) is 0 Å². The molecule has 0 unspecified atom stereocenters. The molecule has 5 heteroatoms. The summed E-state index contributed by atoms with van der Waals surface area (Å²) in [6, 6.07) is 0. The number of guanidine groups is 1. The van der Waals surface area contributed by atoms with Crippen molar-refractivity contribution in [1.82, 2.24) is 10.3 Å². The third kappa shape index (κ3) is 3.51. The molecule has 0 amide bonds. The van der Waals surface area contributed by atoms with E-state index >= 15 is 0 Å². The SMILES string of the molecule is CCCN=C(NN)N1CCCOCC1. The Morgan fingerprint density at radius 3 is 3.07 bits per heavy atom. The molecule has 1 aliphatic heterocycles. The van der Waals surface area contributed by atoms with Crippen molar-refractivity contribution in [2.75, 3.05) is 32.8 Å². The maximum atomic E-state index is 5.43. The van der Waals surface area contributed by atoms with Crippen molar-refractivity contribution in [2.45, 2.75) is 19.8 Å². The number of nitrogens with zero attached hydrogens (tertiary/aromatic N) is 2. The van der Waals surface area contributed by atoms with Crippen molar-refractivity contribution in [3.63, 3.8) is 0 Å². The van der Waals surface area contributed by atoms with Gasteiger partial charge < -0.3 is 9.64 Å². The van der Waals surface area contributed by atoms with Crippen molar-refractivity contribution in [1.29, 1.82) is 0 Å². The van der Waals surface area contributed by atoms with Crippen molar-refractivity contribution < 1.29 is 4.74 Å². The van der Waals surface area contributed by atoms with Crippen LogP contribution >= 0.6 is 0 Å². The average Bonchev–Trinajstić information content (AvgIpc) is 2.48. The Balaban J connectivity index is 2.48. The summed E-state index contributed by atoms with van der Waals surface area (Å²) in [4.78, 5) is 6.52. The minimum absolute atomic E-state index is 0.757. The molecule has 0 saturated carbocycles. The fraction of sp³-hybridized carbons (Fsp3) is 0.889. The van der Waals surface area contributed by atoms with E-state index < -0.39 is 0 Å². The fourth-order valence-corrected chi connectivity index (χ4v) is 1.41. The molecular formula is C9H20N4O. The second-order valence-corrected chi connectivity index (χ2v) is 3.30. The van der Waals surface area contributed by atoms with E-state index in [0.717, 1.165) is 51.6 Å². The molecule has 5 nitrogen and oxygen atoms in total. The first-order valence-electron chi connectivity index (χ1n) is 5.22. The number of nitrogens with two attached hydrogens (primary N) is 1. The van der Waals surface area contributed by atoms with Gasteiger partial charge in [-0.15, -0.1) is 0 Å². The summed E-state index contributed by atoms with van der Waals surface area (Å²) in [5.41, 5.74) is 2.65. The van der Waals surface area contributed by atoms with E-state index in [0.29, 0.717) is 0 Å². The van der Waals surface area contributed by atoms with Crippen molar-refractivity contribution in [3.8, 4) is 0 Å². The normalized spacial score (nSPS) is 19.3. The lowest BCUT2D eigenvalue weighted by Gasteiger charge is -2.22. The van der Waals surface area contributed by atoms with Crippen LogP contribution in [0.25, 0.3) is 0 Å². The summed E-state index contributed by atoms with van der Waals surface area (Å²) in [5.74, 6) is 6.22. The predicted molar refractivity (Wildman–Crippen MR) is 56.9 cm³/mol. The summed E-state index contributed by atoms with van der Waals surface area (Å²) in [6.45, 7) is 6.34. The van der Waals surface area contributed by atoms with E-state index in [2.05, 4.69) is 22.2 Å². The lowest BCUT2D eigenvalue weighted by molar-refractivity contribution is 0.147. The standard InChI is InChI=1S/C9H20N4O/c1-2-4-11-9(12-10)13-5-3-7-14-8-6-13/h2-8,10H2,1H3,(H,11,12). The molecule has 3 N–H and O–H groups in total. The second kappa shape index (κ2) is 6.62. The first kappa shape index (κ1) is 11.3.